The molecule has 5 nitrogen and oxygen atoms in total. The number of anilines is 1. The summed E-state index contributed by atoms with van der Waals surface area (Å²) in [5.41, 5.74) is -0.585. The molecule has 1 N–H and O–H groups in total. The molecule has 0 aliphatic heterocycles. The third-order valence-corrected chi connectivity index (χ3v) is 3.94. The number of benzene rings is 2. The zero-order chi connectivity index (χ0) is 18.0. The van der Waals surface area contributed by atoms with Crippen molar-refractivity contribution in [2.24, 2.45) is 0 Å². The molecule has 128 valence electrons. The monoisotopic (exact) mass is 458 g/mol. The quantitative estimate of drug-likeness (QED) is 0.601. The van der Waals surface area contributed by atoms with Crippen LogP contribution in [0.4, 0.5) is 18.9 Å². The minimum atomic E-state index is -4.54. The standard InChI is InChI=1S/C16H10F3IN4O/c17-16(18,19)12-6-1-2-7-14(12)24-9-13(22-23-24)15(25)21-11-5-3-4-10(20)8-11/h1-9H,(H,21,25). The summed E-state index contributed by atoms with van der Waals surface area (Å²) >= 11 is 2.10. The van der Waals surface area contributed by atoms with Crippen LogP contribution in [-0.4, -0.2) is 20.9 Å². The van der Waals surface area contributed by atoms with Crippen LogP contribution in [0.5, 0.6) is 0 Å². The van der Waals surface area contributed by atoms with Crippen LogP contribution >= 0.6 is 22.6 Å². The van der Waals surface area contributed by atoms with E-state index in [0.29, 0.717) is 5.69 Å². The fourth-order valence-electron chi connectivity index (χ4n) is 2.16. The molecule has 3 rings (SSSR count). The summed E-state index contributed by atoms with van der Waals surface area (Å²) < 4.78 is 41.1. The molecule has 2 aromatic carbocycles. The van der Waals surface area contributed by atoms with Crippen LogP contribution in [-0.2, 0) is 6.18 Å². The van der Waals surface area contributed by atoms with E-state index in [9.17, 15) is 18.0 Å². The molecule has 0 saturated carbocycles. The van der Waals surface area contributed by atoms with Crippen LogP contribution in [0, 0.1) is 3.57 Å². The van der Waals surface area contributed by atoms with Crippen molar-refractivity contribution in [2.75, 3.05) is 5.32 Å². The van der Waals surface area contributed by atoms with Gasteiger partial charge in [-0.2, -0.15) is 13.2 Å². The molecule has 0 spiro atoms. The first kappa shape index (κ1) is 17.4. The van der Waals surface area contributed by atoms with Gasteiger partial charge in [0.05, 0.1) is 17.4 Å². The summed E-state index contributed by atoms with van der Waals surface area (Å²) in [5, 5.41) is 9.94. The smallest absolute Gasteiger partial charge is 0.321 e. The van der Waals surface area contributed by atoms with Crippen LogP contribution in [0.3, 0.4) is 0 Å². The largest absolute Gasteiger partial charge is 0.418 e. The van der Waals surface area contributed by atoms with Crippen molar-refractivity contribution in [1.82, 2.24) is 15.0 Å². The topological polar surface area (TPSA) is 59.8 Å². The Kier molecular flexibility index (Phi) is 4.75. The fourth-order valence-corrected chi connectivity index (χ4v) is 2.70. The van der Waals surface area contributed by atoms with Gasteiger partial charge in [0.25, 0.3) is 5.91 Å². The van der Waals surface area contributed by atoms with E-state index in [2.05, 4.69) is 38.2 Å². The number of alkyl halides is 3. The summed E-state index contributed by atoms with van der Waals surface area (Å²) in [6.45, 7) is 0. The minimum Gasteiger partial charge on any atom is -0.321 e. The van der Waals surface area contributed by atoms with Gasteiger partial charge in [0.15, 0.2) is 5.69 Å². The number of hydrogen-bond acceptors (Lipinski definition) is 3. The number of amides is 1. The van der Waals surface area contributed by atoms with Crippen molar-refractivity contribution in [3.8, 4) is 5.69 Å². The fraction of sp³-hybridized carbons (Fsp3) is 0.0625. The summed E-state index contributed by atoms with van der Waals surface area (Å²) in [7, 11) is 0. The van der Waals surface area contributed by atoms with Gasteiger partial charge in [0.1, 0.15) is 0 Å². The highest BCUT2D eigenvalue weighted by atomic mass is 127. The van der Waals surface area contributed by atoms with Gasteiger partial charge >= 0.3 is 6.18 Å². The predicted octanol–water partition coefficient (Wildman–Crippen LogP) is 4.14. The lowest BCUT2D eigenvalue weighted by molar-refractivity contribution is -0.137. The van der Waals surface area contributed by atoms with Crippen molar-refractivity contribution in [2.45, 2.75) is 6.18 Å². The molecule has 9 heteroatoms. The summed E-state index contributed by atoms with van der Waals surface area (Å²) in [6, 6.07) is 12.0. The van der Waals surface area contributed by atoms with E-state index in [-0.39, 0.29) is 11.4 Å². The van der Waals surface area contributed by atoms with E-state index in [4.69, 9.17) is 0 Å². The number of aromatic nitrogens is 3. The van der Waals surface area contributed by atoms with E-state index >= 15 is 0 Å². The van der Waals surface area contributed by atoms with E-state index in [0.717, 1.165) is 20.5 Å². The first-order chi connectivity index (χ1) is 11.8. The molecule has 0 aliphatic rings. The van der Waals surface area contributed by atoms with Crippen molar-refractivity contribution < 1.29 is 18.0 Å². The molecule has 1 aromatic heterocycles. The van der Waals surface area contributed by atoms with Gasteiger partial charge in [-0.05, 0) is 52.9 Å². The highest BCUT2D eigenvalue weighted by molar-refractivity contribution is 14.1. The van der Waals surface area contributed by atoms with Crippen LogP contribution in [0.25, 0.3) is 5.69 Å². The van der Waals surface area contributed by atoms with Crippen molar-refractivity contribution in [1.29, 1.82) is 0 Å². The van der Waals surface area contributed by atoms with E-state index in [1.807, 2.05) is 6.07 Å². The Labute approximate surface area is 154 Å². The van der Waals surface area contributed by atoms with Gasteiger partial charge in [-0.3, -0.25) is 4.79 Å². The molecule has 25 heavy (non-hydrogen) atoms. The predicted molar refractivity (Wildman–Crippen MR) is 93.5 cm³/mol. The zero-order valence-corrected chi connectivity index (χ0v) is 14.6. The normalized spacial score (nSPS) is 11.4. The molecular weight excluding hydrogens is 448 g/mol. The third-order valence-electron chi connectivity index (χ3n) is 3.26. The number of nitrogens with zero attached hydrogens (tertiary/aromatic N) is 3. The Morgan fingerprint density at radius 3 is 2.60 bits per heavy atom. The lowest BCUT2D eigenvalue weighted by atomic mass is 10.1. The first-order valence-electron chi connectivity index (χ1n) is 7.00. The highest BCUT2D eigenvalue weighted by Crippen LogP contribution is 2.33. The maximum absolute atomic E-state index is 13.1. The second-order valence-electron chi connectivity index (χ2n) is 5.03. The molecule has 0 fully saturated rings. The Balaban J connectivity index is 1.87. The molecule has 0 radical (unpaired) electrons. The molecule has 3 aromatic rings. The minimum absolute atomic E-state index is 0.0872. The number of carbonyl (C=O) groups excluding carboxylic acids is 1. The maximum atomic E-state index is 13.1. The van der Waals surface area contributed by atoms with Crippen molar-refractivity contribution in [3.05, 3.63) is 69.6 Å². The average Bonchev–Trinajstić information content (AvgIpc) is 3.04. The van der Waals surface area contributed by atoms with Gasteiger partial charge in [0.2, 0.25) is 0 Å². The number of para-hydroxylation sites is 1. The number of hydrogen-bond donors (Lipinski definition) is 1. The van der Waals surface area contributed by atoms with E-state index < -0.39 is 17.6 Å². The second-order valence-corrected chi connectivity index (χ2v) is 6.27. The first-order valence-corrected chi connectivity index (χ1v) is 8.08. The van der Waals surface area contributed by atoms with E-state index in [1.165, 1.54) is 18.2 Å². The van der Waals surface area contributed by atoms with Crippen LogP contribution in [0.15, 0.2) is 54.7 Å². The van der Waals surface area contributed by atoms with E-state index in [1.54, 1.807) is 18.2 Å². The SMILES string of the molecule is O=C(Nc1cccc(I)c1)c1cn(-c2ccccc2C(F)(F)F)nn1. The molecule has 0 bridgehead atoms. The Hall–Kier alpha value is -2.43. The number of rotatable bonds is 3. The van der Waals surface area contributed by atoms with Crippen molar-refractivity contribution >= 4 is 34.2 Å². The molecule has 0 unspecified atom stereocenters. The molecule has 0 aliphatic carbocycles. The molecule has 1 amide bonds. The second kappa shape index (κ2) is 6.82. The third kappa shape index (κ3) is 3.98. The molecule has 1 heterocycles. The lowest BCUT2D eigenvalue weighted by Crippen LogP contribution is -2.12. The van der Waals surface area contributed by atoms with Gasteiger partial charge in [0, 0.05) is 9.26 Å². The number of carbonyl (C=O) groups is 1. The Bertz CT molecular complexity index is 923. The Morgan fingerprint density at radius 1 is 1.12 bits per heavy atom. The highest BCUT2D eigenvalue weighted by Gasteiger charge is 2.34. The molecular formula is C16H10F3IN4O. The molecule has 0 atom stereocenters. The summed E-state index contributed by atoms with van der Waals surface area (Å²) in [5.74, 6) is -0.558. The average molecular weight is 458 g/mol. The Morgan fingerprint density at radius 2 is 1.88 bits per heavy atom. The van der Waals surface area contributed by atoms with Crippen LogP contribution in [0.1, 0.15) is 16.1 Å². The summed E-state index contributed by atoms with van der Waals surface area (Å²) in [4.78, 5) is 12.2. The van der Waals surface area contributed by atoms with Gasteiger partial charge in [-0.25, -0.2) is 4.68 Å². The van der Waals surface area contributed by atoms with Crippen LogP contribution < -0.4 is 5.32 Å². The van der Waals surface area contributed by atoms with Gasteiger partial charge in [-0.15, -0.1) is 5.10 Å². The maximum Gasteiger partial charge on any atom is 0.418 e. The summed E-state index contributed by atoms with van der Waals surface area (Å²) in [6.07, 6.45) is -3.38. The van der Waals surface area contributed by atoms with Crippen molar-refractivity contribution in [3.63, 3.8) is 0 Å². The van der Waals surface area contributed by atoms with Gasteiger partial charge in [-0.1, -0.05) is 23.4 Å². The lowest BCUT2D eigenvalue weighted by Gasteiger charge is -2.11. The zero-order valence-electron chi connectivity index (χ0n) is 12.5. The molecule has 0 saturated heterocycles. The number of nitrogens with one attached hydrogen (secondary N) is 1. The van der Waals surface area contributed by atoms with Crippen LogP contribution in [0.2, 0.25) is 0 Å². The number of halogens is 4. The van der Waals surface area contributed by atoms with Gasteiger partial charge < -0.3 is 5.32 Å².